The number of rotatable bonds is 3. The number of allylic oxidation sites excluding steroid dienone is 4. The van der Waals surface area contributed by atoms with Crippen LogP contribution in [0.1, 0.15) is 33.1 Å². The molecule has 1 aromatic rings. The smallest absolute Gasteiger partial charge is 0.199 e. The zero-order valence-electron chi connectivity index (χ0n) is 17.3. The average molecular weight is 379 g/mol. The number of hydrogen-bond donors (Lipinski definition) is 0. The maximum absolute atomic E-state index is 5.04. The largest absolute Gasteiger partial charge is 0.372 e. The summed E-state index contributed by atoms with van der Waals surface area (Å²) in [6.07, 6.45) is 11.0. The molecule has 0 amide bonds. The number of hydrogen-bond acceptors (Lipinski definition) is 2. The average Bonchev–Trinajstić information content (AvgIpc) is 2.70. The third-order valence-corrected chi connectivity index (χ3v) is 9.89. The molecule has 0 radical (unpaired) electrons. The predicted molar refractivity (Wildman–Crippen MR) is 120 cm³/mol. The highest BCUT2D eigenvalue weighted by atomic mass is 28.3. The highest BCUT2D eigenvalue weighted by molar-refractivity contribution is 7.01. The Morgan fingerprint density at radius 2 is 1.78 bits per heavy atom. The van der Waals surface area contributed by atoms with Crippen molar-refractivity contribution in [1.29, 1.82) is 0 Å². The Morgan fingerprint density at radius 1 is 1.04 bits per heavy atom. The molecule has 0 unspecified atom stereocenters. The Kier molecular flexibility index (Phi) is 4.93. The first-order valence-corrected chi connectivity index (χ1v) is 13.5. The van der Waals surface area contributed by atoms with Crippen molar-refractivity contribution < 1.29 is 4.58 Å². The first kappa shape index (κ1) is 18.4. The molecule has 142 valence electrons. The molecule has 0 bridgehead atoms. The summed E-state index contributed by atoms with van der Waals surface area (Å²) in [6.45, 7) is 13.9. The van der Waals surface area contributed by atoms with E-state index in [9.17, 15) is 0 Å². The molecule has 4 heteroatoms. The monoisotopic (exact) mass is 378 g/mol. The second kappa shape index (κ2) is 7.23. The summed E-state index contributed by atoms with van der Waals surface area (Å²) in [5.41, 5.74) is 5.11. The zero-order chi connectivity index (χ0) is 19.0. The summed E-state index contributed by atoms with van der Waals surface area (Å²) in [5.74, 6) is 0. The Bertz CT molecular complexity index is 862. The van der Waals surface area contributed by atoms with E-state index in [0.29, 0.717) is 0 Å². The standard InChI is InChI=1S/C23H32N3Si/c1-5-25(6-2)18-10-12-20-22(16-18)27(3,4)23-17-19(11-13-21(23)24-20)26-14-8-7-9-15-26/h10-13,16-17H,5-9,14-15H2,1-4H3/q+1. The Labute approximate surface area is 164 Å². The van der Waals surface area contributed by atoms with Crippen LogP contribution in [0.5, 0.6) is 0 Å². The lowest BCUT2D eigenvalue weighted by Crippen LogP contribution is -2.50. The summed E-state index contributed by atoms with van der Waals surface area (Å²) in [4.78, 5) is 7.48. The van der Waals surface area contributed by atoms with Gasteiger partial charge < -0.3 is 4.90 Å². The molecule has 4 rings (SSSR count). The van der Waals surface area contributed by atoms with Gasteiger partial charge in [0, 0.05) is 43.8 Å². The molecular formula is C23H32N3Si+. The topological polar surface area (TPSA) is 18.6 Å². The van der Waals surface area contributed by atoms with E-state index in [1.165, 1.54) is 65.5 Å². The number of anilines is 1. The van der Waals surface area contributed by atoms with Crippen LogP contribution in [-0.2, 0) is 0 Å². The lowest BCUT2D eigenvalue weighted by Gasteiger charge is -2.34. The summed E-state index contributed by atoms with van der Waals surface area (Å²) in [5, 5.41) is 2.98. The summed E-state index contributed by atoms with van der Waals surface area (Å²) in [7, 11) is -1.78. The van der Waals surface area contributed by atoms with Gasteiger partial charge in [-0.15, -0.1) is 0 Å². The van der Waals surface area contributed by atoms with E-state index in [-0.39, 0.29) is 0 Å². The molecule has 1 aromatic carbocycles. The molecular weight excluding hydrogens is 346 g/mol. The normalized spacial score (nSPS) is 20.6. The minimum absolute atomic E-state index is 1.05. The molecule has 0 atom stereocenters. The third kappa shape index (κ3) is 3.24. The molecule has 0 spiro atoms. The van der Waals surface area contributed by atoms with Gasteiger partial charge in [-0.05, 0) is 54.9 Å². The van der Waals surface area contributed by atoms with Crippen molar-refractivity contribution in [1.82, 2.24) is 0 Å². The number of fused-ring (bicyclic) bond motifs is 2. The van der Waals surface area contributed by atoms with Crippen molar-refractivity contribution in [2.75, 3.05) is 31.1 Å². The molecule has 0 N–H and O–H groups in total. The number of nitrogens with zero attached hydrogens (tertiary/aromatic N) is 3. The molecule has 2 aliphatic heterocycles. The van der Waals surface area contributed by atoms with Crippen molar-refractivity contribution in [2.24, 2.45) is 4.99 Å². The van der Waals surface area contributed by atoms with Crippen molar-refractivity contribution in [2.45, 2.75) is 46.2 Å². The van der Waals surface area contributed by atoms with Gasteiger partial charge >= 0.3 is 0 Å². The second-order valence-electron chi connectivity index (χ2n) is 8.36. The minimum Gasteiger partial charge on any atom is -0.372 e. The van der Waals surface area contributed by atoms with Crippen LogP contribution in [0.2, 0.25) is 13.1 Å². The lowest BCUT2D eigenvalue weighted by molar-refractivity contribution is -0.535. The molecule has 1 saturated heterocycles. The SMILES string of the molecule is CCN(CC)c1ccc2c(c1)[Si](C)(C)C1=CC(=[N+]3CCCCC3)C=CC1=N2. The molecule has 27 heavy (non-hydrogen) atoms. The molecule has 3 nitrogen and oxygen atoms in total. The van der Waals surface area contributed by atoms with Gasteiger partial charge in [-0.3, -0.25) is 0 Å². The second-order valence-corrected chi connectivity index (χ2v) is 12.7. The van der Waals surface area contributed by atoms with Crippen molar-refractivity contribution in [3.8, 4) is 0 Å². The van der Waals surface area contributed by atoms with Gasteiger partial charge in [0.2, 0.25) is 0 Å². The van der Waals surface area contributed by atoms with Crippen LogP contribution in [0.25, 0.3) is 0 Å². The van der Waals surface area contributed by atoms with E-state index in [2.05, 4.69) is 72.8 Å². The van der Waals surface area contributed by atoms with Crippen LogP contribution in [0, 0.1) is 0 Å². The minimum atomic E-state index is -1.78. The van der Waals surface area contributed by atoms with E-state index in [0.717, 1.165) is 13.1 Å². The van der Waals surface area contributed by atoms with E-state index >= 15 is 0 Å². The maximum Gasteiger partial charge on any atom is 0.199 e. The fourth-order valence-electron chi connectivity index (χ4n) is 4.65. The quantitative estimate of drug-likeness (QED) is 0.438. The van der Waals surface area contributed by atoms with E-state index in [1.807, 2.05) is 0 Å². The number of benzene rings is 1. The molecule has 2 heterocycles. The first-order chi connectivity index (χ1) is 13.0. The van der Waals surface area contributed by atoms with Gasteiger partial charge in [0.1, 0.15) is 21.2 Å². The van der Waals surface area contributed by atoms with Gasteiger partial charge in [-0.1, -0.05) is 13.1 Å². The highest BCUT2D eigenvalue weighted by Crippen LogP contribution is 2.32. The lowest BCUT2D eigenvalue weighted by atomic mass is 10.1. The van der Waals surface area contributed by atoms with Crippen LogP contribution < -0.4 is 10.1 Å². The molecule has 1 fully saturated rings. The number of piperidine rings is 1. The Balaban J connectivity index is 1.79. The Hall–Kier alpha value is -1.94. The molecule has 0 saturated carbocycles. The van der Waals surface area contributed by atoms with Crippen molar-refractivity contribution >= 4 is 36.1 Å². The van der Waals surface area contributed by atoms with E-state index < -0.39 is 8.07 Å². The van der Waals surface area contributed by atoms with Gasteiger partial charge in [0.15, 0.2) is 5.71 Å². The first-order valence-electron chi connectivity index (χ1n) is 10.5. The fourth-order valence-corrected chi connectivity index (χ4v) is 7.52. The summed E-state index contributed by atoms with van der Waals surface area (Å²) < 4.78 is 2.57. The number of aliphatic imine (C=N–C) groups is 1. The van der Waals surface area contributed by atoms with Gasteiger partial charge in [0.05, 0.1) is 11.4 Å². The summed E-state index contributed by atoms with van der Waals surface area (Å²) >= 11 is 0. The van der Waals surface area contributed by atoms with Gasteiger partial charge in [-0.2, -0.15) is 0 Å². The highest BCUT2D eigenvalue weighted by Gasteiger charge is 2.38. The molecule has 0 aromatic heterocycles. The van der Waals surface area contributed by atoms with E-state index in [1.54, 1.807) is 0 Å². The van der Waals surface area contributed by atoms with Crippen LogP contribution in [0.4, 0.5) is 11.4 Å². The van der Waals surface area contributed by atoms with Gasteiger partial charge in [0.25, 0.3) is 0 Å². The summed E-state index contributed by atoms with van der Waals surface area (Å²) in [6, 6.07) is 6.90. The Morgan fingerprint density at radius 3 is 2.48 bits per heavy atom. The molecule has 1 aliphatic carbocycles. The molecule has 3 aliphatic rings. The van der Waals surface area contributed by atoms with Crippen LogP contribution in [0.15, 0.2) is 46.6 Å². The van der Waals surface area contributed by atoms with Crippen LogP contribution >= 0.6 is 0 Å². The van der Waals surface area contributed by atoms with Crippen molar-refractivity contribution in [3.63, 3.8) is 0 Å². The van der Waals surface area contributed by atoms with E-state index in [4.69, 9.17) is 4.99 Å². The third-order valence-electron chi connectivity index (χ3n) is 6.40. The van der Waals surface area contributed by atoms with Crippen molar-refractivity contribution in [3.05, 3.63) is 41.6 Å². The predicted octanol–water partition coefficient (Wildman–Crippen LogP) is 4.21. The zero-order valence-corrected chi connectivity index (χ0v) is 18.3. The fraction of sp³-hybridized carbons (Fsp3) is 0.478. The van der Waals surface area contributed by atoms with Crippen LogP contribution in [-0.4, -0.2) is 50.3 Å². The van der Waals surface area contributed by atoms with Gasteiger partial charge in [-0.25, -0.2) is 9.57 Å². The van der Waals surface area contributed by atoms with Crippen LogP contribution in [0.3, 0.4) is 0 Å². The maximum atomic E-state index is 5.04.